The van der Waals surface area contributed by atoms with Gasteiger partial charge in [0.15, 0.2) is 0 Å². The van der Waals surface area contributed by atoms with Crippen LogP contribution in [0.2, 0.25) is 0 Å². The molecule has 1 heterocycles. The van der Waals surface area contributed by atoms with Crippen LogP contribution in [-0.2, 0) is 4.74 Å². The minimum atomic E-state index is 0.555. The Morgan fingerprint density at radius 3 is 2.64 bits per heavy atom. The molecule has 3 atom stereocenters. The van der Waals surface area contributed by atoms with Gasteiger partial charge in [-0.05, 0) is 38.0 Å². The van der Waals surface area contributed by atoms with Crippen LogP contribution < -0.4 is 0 Å². The van der Waals surface area contributed by atoms with Crippen LogP contribution in [0.1, 0.15) is 32.6 Å². The monoisotopic (exact) mass is 195 g/mol. The Bertz CT molecular complexity index is 212. The van der Waals surface area contributed by atoms with E-state index in [1.807, 2.05) is 0 Å². The normalized spacial score (nSPS) is 43.1. The number of likely N-dealkylation sites (tertiary alicyclic amines) is 1. The van der Waals surface area contributed by atoms with Crippen LogP contribution >= 0.6 is 0 Å². The molecule has 2 nitrogen and oxygen atoms in total. The van der Waals surface area contributed by atoms with Gasteiger partial charge in [0.25, 0.3) is 0 Å². The Labute approximate surface area is 86.6 Å². The molecule has 0 aromatic heterocycles. The van der Waals surface area contributed by atoms with Crippen LogP contribution in [0.3, 0.4) is 0 Å². The number of rotatable bonds is 3. The van der Waals surface area contributed by atoms with E-state index in [1.54, 1.807) is 0 Å². The molecule has 2 aliphatic carbocycles. The minimum Gasteiger partial charge on any atom is -0.376 e. The molecule has 3 fully saturated rings. The molecular formula is C12H21NO. The zero-order valence-corrected chi connectivity index (χ0v) is 9.11. The highest BCUT2D eigenvalue weighted by molar-refractivity contribution is 4.99. The molecule has 14 heavy (non-hydrogen) atoms. The van der Waals surface area contributed by atoms with E-state index >= 15 is 0 Å². The molecule has 2 saturated carbocycles. The Hall–Kier alpha value is -0.0800. The third-order valence-electron chi connectivity index (χ3n) is 4.45. The van der Waals surface area contributed by atoms with Crippen molar-refractivity contribution in [2.24, 2.45) is 11.8 Å². The lowest BCUT2D eigenvalue weighted by atomic mass is 9.91. The van der Waals surface area contributed by atoms with Gasteiger partial charge in [-0.3, -0.25) is 4.90 Å². The Morgan fingerprint density at radius 1 is 1.21 bits per heavy atom. The van der Waals surface area contributed by atoms with Gasteiger partial charge in [-0.2, -0.15) is 0 Å². The molecule has 0 radical (unpaired) electrons. The fourth-order valence-corrected chi connectivity index (χ4v) is 3.74. The van der Waals surface area contributed by atoms with Crippen molar-refractivity contribution < 1.29 is 4.74 Å². The van der Waals surface area contributed by atoms with Crippen molar-refractivity contribution in [1.82, 2.24) is 4.90 Å². The van der Waals surface area contributed by atoms with Gasteiger partial charge in [-0.15, -0.1) is 0 Å². The zero-order chi connectivity index (χ0) is 9.54. The summed E-state index contributed by atoms with van der Waals surface area (Å²) < 4.78 is 5.61. The molecule has 0 N–H and O–H groups in total. The second-order valence-electron chi connectivity index (χ2n) is 5.27. The summed E-state index contributed by atoms with van der Waals surface area (Å²) in [7, 11) is 0. The van der Waals surface area contributed by atoms with E-state index < -0.39 is 0 Å². The van der Waals surface area contributed by atoms with Crippen LogP contribution in [0.25, 0.3) is 0 Å². The first kappa shape index (κ1) is 9.17. The third-order valence-corrected chi connectivity index (χ3v) is 4.45. The first-order valence-electron chi connectivity index (χ1n) is 6.22. The van der Waals surface area contributed by atoms with Crippen molar-refractivity contribution in [2.75, 3.05) is 19.7 Å². The van der Waals surface area contributed by atoms with E-state index in [-0.39, 0.29) is 0 Å². The molecule has 3 rings (SSSR count). The predicted octanol–water partition coefficient (Wildman–Crippen LogP) is 1.90. The summed E-state index contributed by atoms with van der Waals surface area (Å²) in [6.07, 6.45) is 6.60. The molecular weight excluding hydrogens is 174 g/mol. The summed E-state index contributed by atoms with van der Waals surface area (Å²) >= 11 is 0. The van der Waals surface area contributed by atoms with E-state index in [9.17, 15) is 0 Å². The molecule has 1 unspecified atom stereocenters. The highest BCUT2D eigenvalue weighted by Gasteiger charge is 2.45. The van der Waals surface area contributed by atoms with E-state index in [0.717, 1.165) is 24.5 Å². The maximum Gasteiger partial charge on any atom is 0.0828 e. The first-order valence-corrected chi connectivity index (χ1v) is 6.22. The van der Waals surface area contributed by atoms with Gasteiger partial charge in [-0.1, -0.05) is 6.42 Å². The molecule has 3 aliphatic rings. The molecule has 0 spiro atoms. The number of nitrogens with zero attached hydrogens (tertiary/aromatic N) is 1. The van der Waals surface area contributed by atoms with E-state index in [2.05, 4.69) is 11.8 Å². The highest BCUT2D eigenvalue weighted by atomic mass is 16.5. The number of ether oxygens (including phenoxy) is 1. The second kappa shape index (κ2) is 3.49. The summed E-state index contributed by atoms with van der Waals surface area (Å²) in [6, 6.07) is 0.936. The van der Waals surface area contributed by atoms with Gasteiger partial charge in [-0.25, -0.2) is 0 Å². The Balaban J connectivity index is 1.50. The molecule has 1 aliphatic heterocycles. The average Bonchev–Trinajstić information content (AvgIpc) is 2.71. The smallest absolute Gasteiger partial charge is 0.0828 e. The van der Waals surface area contributed by atoms with Crippen LogP contribution in [0, 0.1) is 11.8 Å². The maximum atomic E-state index is 5.61. The Kier molecular flexibility index (Phi) is 2.29. The summed E-state index contributed by atoms with van der Waals surface area (Å²) in [4.78, 5) is 2.67. The third kappa shape index (κ3) is 1.40. The van der Waals surface area contributed by atoms with Crippen molar-refractivity contribution in [3.05, 3.63) is 0 Å². The molecule has 1 saturated heterocycles. The first-order chi connectivity index (χ1) is 6.86. The maximum absolute atomic E-state index is 5.61. The average molecular weight is 195 g/mol. The van der Waals surface area contributed by atoms with Gasteiger partial charge in [0.1, 0.15) is 0 Å². The SMILES string of the molecule is CCOC1CN(C2C[C@@H]3CC[C@H]2C3)C1. The van der Waals surface area contributed by atoms with Crippen molar-refractivity contribution in [1.29, 1.82) is 0 Å². The standard InChI is InChI=1S/C12H21NO/c1-2-14-11-7-13(8-11)12-6-9-3-4-10(12)5-9/h9-12H,2-8H2,1H3/t9-,10+,12?/m1/s1. The minimum absolute atomic E-state index is 0.555. The summed E-state index contributed by atoms with van der Waals surface area (Å²) in [5.41, 5.74) is 0. The number of fused-ring (bicyclic) bond motifs is 2. The summed E-state index contributed by atoms with van der Waals surface area (Å²) in [5, 5.41) is 0. The predicted molar refractivity (Wildman–Crippen MR) is 56.2 cm³/mol. The largest absolute Gasteiger partial charge is 0.376 e. The Morgan fingerprint density at radius 2 is 2.07 bits per heavy atom. The van der Waals surface area contributed by atoms with Crippen molar-refractivity contribution >= 4 is 0 Å². The summed E-state index contributed by atoms with van der Waals surface area (Å²) in [6.45, 7) is 5.40. The number of hydrogen-bond donors (Lipinski definition) is 0. The van der Waals surface area contributed by atoms with Crippen LogP contribution in [0.15, 0.2) is 0 Å². The lowest BCUT2D eigenvalue weighted by molar-refractivity contribution is -0.0765. The van der Waals surface area contributed by atoms with Crippen molar-refractivity contribution in [2.45, 2.75) is 44.8 Å². The molecule has 2 heteroatoms. The van der Waals surface area contributed by atoms with Crippen LogP contribution in [0.5, 0.6) is 0 Å². The zero-order valence-electron chi connectivity index (χ0n) is 9.11. The van der Waals surface area contributed by atoms with Gasteiger partial charge < -0.3 is 4.74 Å². The molecule has 0 aromatic rings. The van der Waals surface area contributed by atoms with Crippen LogP contribution in [-0.4, -0.2) is 36.7 Å². The van der Waals surface area contributed by atoms with Gasteiger partial charge in [0.2, 0.25) is 0 Å². The molecule has 80 valence electrons. The molecule has 2 bridgehead atoms. The fourth-order valence-electron chi connectivity index (χ4n) is 3.74. The van der Waals surface area contributed by atoms with Crippen molar-refractivity contribution in [3.63, 3.8) is 0 Å². The van der Waals surface area contributed by atoms with Crippen molar-refractivity contribution in [3.8, 4) is 0 Å². The van der Waals surface area contributed by atoms with E-state index in [1.165, 1.54) is 38.8 Å². The van der Waals surface area contributed by atoms with E-state index in [4.69, 9.17) is 4.74 Å². The van der Waals surface area contributed by atoms with E-state index in [0.29, 0.717) is 6.10 Å². The quantitative estimate of drug-likeness (QED) is 0.682. The summed E-state index contributed by atoms with van der Waals surface area (Å²) in [5.74, 6) is 2.12. The lowest BCUT2D eigenvalue weighted by Crippen LogP contribution is -2.57. The number of hydrogen-bond acceptors (Lipinski definition) is 2. The van der Waals surface area contributed by atoms with Gasteiger partial charge in [0.05, 0.1) is 6.10 Å². The molecule has 0 amide bonds. The molecule has 0 aromatic carbocycles. The fraction of sp³-hybridized carbons (Fsp3) is 1.00. The van der Waals surface area contributed by atoms with Gasteiger partial charge >= 0.3 is 0 Å². The van der Waals surface area contributed by atoms with Gasteiger partial charge in [0, 0.05) is 25.7 Å². The lowest BCUT2D eigenvalue weighted by Gasteiger charge is -2.45. The van der Waals surface area contributed by atoms with Crippen LogP contribution in [0.4, 0.5) is 0 Å². The topological polar surface area (TPSA) is 12.5 Å². The highest BCUT2D eigenvalue weighted by Crippen LogP contribution is 2.47. The second-order valence-corrected chi connectivity index (χ2v) is 5.27.